The van der Waals surface area contributed by atoms with Gasteiger partial charge in [0.25, 0.3) is 7.37 Å². The summed E-state index contributed by atoms with van der Waals surface area (Å²) in [6.07, 6.45) is -0.0924. The van der Waals surface area contributed by atoms with Crippen LogP contribution in [-0.4, -0.2) is 42.5 Å². The topological polar surface area (TPSA) is 119 Å². The van der Waals surface area contributed by atoms with Crippen LogP contribution in [0.25, 0.3) is 0 Å². The minimum atomic E-state index is -3.74. The molecule has 0 saturated carbocycles. The number of ether oxygens (including phenoxy) is 1. The molecule has 0 fully saturated rings. The first-order valence-electron chi connectivity index (χ1n) is 11.3. The number of nitrogens with one attached hydrogen (secondary N) is 1. The van der Waals surface area contributed by atoms with Gasteiger partial charge < -0.3 is 19.7 Å². The van der Waals surface area contributed by atoms with E-state index in [1.54, 1.807) is 54.6 Å². The standard InChI is InChI=1S/C27H28NO7P/c1-34-21-11-8-14-23(17-21)36(33,22-12-6-3-7-13-22)35-19-25(29)24(18-27(31)32)28-26(30)16-15-20-9-4-2-5-10-20/h2-14,17,24H,15-16,18-19H2,1H3,(H,28,30)(H,31,32)/t24-,36?/m0/s1. The first kappa shape index (κ1) is 26.9. The number of aryl methyl sites for hydroxylation is 1. The van der Waals surface area contributed by atoms with Crippen molar-refractivity contribution in [1.29, 1.82) is 0 Å². The van der Waals surface area contributed by atoms with E-state index in [-0.39, 0.29) is 6.42 Å². The van der Waals surface area contributed by atoms with Gasteiger partial charge in [0.1, 0.15) is 18.4 Å². The average molecular weight is 509 g/mol. The lowest BCUT2D eigenvalue weighted by Crippen LogP contribution is -2.44. The van der Waals surface area contributed by atoms with Crippen molar-refractivity contribution in [2.75, 3.05) is 13.7 Å². The molecule has 9 heteroatoms. The largest absolute Gasteiger partial charge is 0.497 e. The number of rotatable bonds is 13. The van der Waals surface area contributed by atoms with E-state index < -0.39 is 44.1 Å². The maximum Gasteiger partial charge on any atom is 0.305 e. The van der Waals surface area contributed by atoms with E-state index in [0.29, 0.717) is 22.8 Å². The summed E-state index contributed by atoms with van der Waals surface area (Å²) >= 11 is 0. The van der Waals surface area contributed by atoms with Gasteiger partial charge in [-0.3, -0.25) is 18.9 Å². The summed E-state index contributed by atoms with van der Waals surface area (Å²) in [7, 11) is -2.26. The molecule has 3 rings (SSSR count). The van der Waals surface area contributed by atoms with Gasteiger partial charge in [0.05, 0.1) is 13.5 Å². The molecule has 0 aliphatic heterocycles. The number of carboxylic acids is 1. The molecule has 0 heterocycles. The van der Waals surface area contributed by atoms with Crippen LogP contribution in [0.1, 0.15) is 18.4 Å². The summed E-state index contributed by atoms with van der Waals surface area (Å²) < 4.78 is 25.1. The number of Topliss-reactive ketones (excluding diaryl/α,β-unsaturated/α-hetero) is 1. The molecule has 3 aromatic carbocycles. The lowest BCUT2D eigenvalue weighted by molar-refractivity contribution is -0.140. The fourth-order valence-electron chi connectivity index (χ4n) is 3.56. The van der Waals surface area contributed by atoms with Crippen LogP contribution in [0.5, 0.6) is 5.75 Å². The Hall–Kier alpha value is -3.74. The van der Waals surface area contributed by atoms with Crippen molar-refractivity contribution < 1.29 is 33.3 Å². The maximum absolute atomic E-state index is 14.1. The molecular formula is C27H28NO7P. The molecule has 2 atom stereocenters. The number of benzene rings is 3. The van der Waals surface area contributed by atoms with Crippen LogP contribution in [0.3, 0.4) is 0 Å². The van der Waals surface area contributed by atoms with Gasteiger partial charge in [-0.2, -0.15) is 0 Å². The fourth-order valence-corrected chi connectivity index (χ4v) is 5.61. The highest BCUT2D eigenvalue weighted by molar-refractivity contribution is 7.74. The van der Waals surface area contributed by atoms with Crippen LogP contribution in [-0.2, 0) is 29.9 Å². The molecule has 3 aromatic rings. The van der Waals surface area contributed by atoms with Crippen molar-refractivity contribution in [2.45, 2.75) is 25.3 Å². The van der Waals surface area contributed by atoms with Crippen LogP contribution in [0.4, 0.5) is 0 Å². The van der Waals surface area contributed by atoms with E-state index in [1.807, 2.05) is 30.3 Å². The molecular weight excluding hydrogens is 481 g/mol. The van der Waals surface area contributed by atoms with Gasteiger partial charge in [-0.15, -0.1) is 0 Å². The molecule has 2 N–H and O–H groups in total. The summed E-state index contributed by atoms with van der Waals surface area (Å²) in [5.41, 5.74) is 0.944. The third-order valence-corrected chi connectivity index (χ3v) is 7.89. The van der Waals surface area contributed by atoms with Crippen molar-refractivity contribution in [1.82, 2.24) is 5.32 Å². The Morgan fingerprint density at radius 1 is 0.917 bits per heavy atom. The van der Waals surface area contributed by atoms with Gasteiger partial charge in [-0.25, -0.2) is 0 Å². The Bertz CT molecular complexity index is 1230. The number of amides is 1. The quantitative estimate of drug-likeness (QED) is 0.340. The van der Waals surface area contributed by atoms with Gasteiger partial charge in [-0.1, -0.05) is 54.6 Å². The van der Waals surface area contributed by atoms with Crippen LogP contribution in [0.15, 0.2) is 84.9 Å². The number of hydrogen-bond donors (Lipinski definition) is 2. The maximum atomic E-state index is 14.1. The zero-order valence-corrected chi connectivity index (χ0v) is 20.7. The predicted molar refractivity (Wildman–Crippen MR) is 136 cm³/mol. The third kappa shape index (κ3) is 7.38. The van der Waals surface area contributed by atoms with Crippen molar-refractivity contribution in [2.24, 2.45) is 0 Å². The molecule has 0 aliphatic rings. The van der Waals surface area contributed by atoms with Crippen molar-refractivity contribution in [3.63, 3.8) is 0 Å². The molecule has 0 aromatic heterocycles. The summed E-state index contributed by atoms with van der Waals surface area (Å²) in [4.78, 5) is 36.8. The van der Waals surface area contributed by atoms with Crippen LogP contribution < -0.4 is 20.7 Å². The second-order valence-corrected chi connectivity index (χ2v) is 10.4. The van der Waals surface area contributed by atoms with Gasteiger partial charge in [0, 0.05) is 17.0 Å². The molecule has 0 bridgehead atoms. The Balaban J connectivity index is 1.75. The highest BCUT2D eigenvalue weighted by Gasteiger charge is 2.32. The highest BCUT2D eigenvalue weighted by atomic mass is 31.2. The normalized spacial score (nSPS) is 13.2. The lowest BCUT2D eigenvalue weighted by Gasteiger charge is -2.21. The molecule has 1 unspecified atom stereocenters. The number of carboxylic acid groups (broad SMARTS) is 1. The molecule has 0 aliphatic carbocycles. The number of ketones is 1. The van der Waals surface area contributed by atoms with Crippen LogP contribution >= 0.6 is 7.37 Å². The number of carbonyl (C=O) groups is 3. The number of methoxy groups -OCH3 is 1. The minimum Gasteiger partial charge on any atom is -0.497 e. The van der Waals surface area contributed by atoms with E-state index in [0.717, 1.165) is 5.56 Å². The second kappa shape index (κ2) is 12.8. The number of aliphatic carboxylic acids is 1. The van der Waals surface area contributed by atoms with Crippen LogP contribution in [0, 0.1) is 0 Å². The first-order chi connectivity index (χ1) is 17.3. The Morgan fingerprint density at radius 3 is 2.19 bits per heavy atom. The summed E-state index contributed by atoms with van der Waals surface area (Å²) in [6, 6.07) is 23.0. The Labute approximate surface area is 209 Å². The van der Waals surface area contributed by atoms with E-state index >= 15 is 0 Å². The van der Waals surface area contributed by atoms with Crippen molar-refractivity contribution in [3.8, 4) is 5.75 Å². The lowest BCUT2D eigenvalue weighted by atomic mass is 10.1. The first-order valence-corrected chi connectivity index (χ1v) is 13.0. The van der Waals surface area contributed by atoms with Crippen LogP contribution in [0.2, 0.25) is 0 Å². The van der Waals surface area contributed by atoms with Gasteiger partial charge in [0.2, 0.25) is 5.91 Å². The molecule has 0 spiro atoms. The number of carbonyl (C=O) groups excluding carboxylic acids is 2. The van der Waals surface area contributed by atoms with E-state index in [1.165, 1.54) is 7.11 Å². The third-order valence-electron chi connectivity index (χ3n) is 5.46. The SMILES string of the molecule is COc1cccc(P(=O)(OCC(=O)[C@H](CC(=O)O)NC(=O)CCc2ccccc2)c2ccccc2)c1. The molecule has 0 saturated heterocycles. The second-order valence-electron chi connectivity index (χ2n) is 8.03. The number of hydrogen-bond acceptors (Lipinski definition) is 6. The molecule has 36 heavy (non-hydrogen) atoms. The Morgan fingerprint density at radius 2 is 1.56 bits per heavy atom. The van der Waals surface area contributed by atoms with E-state index in [9.17, 15) is 24.1 Å². The fraction of sp³-hybridized carbons (Fsp3) is 0.222. The smallest absolute Gasteiger partial charge is 0.305 e. The molecule has 188 valence electrons. The molecule has 0 radical (unpaired) electrons. The van der Waals surface area contributed by atoms with Gasteiger partial charge >= 0.3 is 5.97 Å². The zero-order chi connectivity index (χ0) is 26.0. The monoisotopic (exact) mass is 509 g/mol. The van der Waals surface area contributed by atoms with E-state index in [4.69, 9.17) is 9.26 Å². The average Bonchev–Trinajstić information content (AvgIpc) is 2.91. The van der Waals surface area contributed by atoms with Gasteiger partial charge in [0.15, 0.2) is 5.78 Å². The minimum absolute atomic E-state index is 0.0839. The summed E-state index contributed by atoms with van der Waals surface area (Å²) in [5, 5.41) is 12.5. The van der Waals surface area contributed by atoms with Crippen molar-refractivity contribution in [3.05, 3.63) is 90.5 Å². The Kier molecular flexibility index (Phi) is 9.56. The zero-order valence-electron chi connectivity index (χ0n) is 19.8. The molecule has 8 nitrogen and oxygen atoms in total. The van der Waals surface area contributed by atoms with E-state index in [2.05, 4.69) is 5.32 Å². The summed E-state index contributed by atoms with van der Waals surface area (Å²) in [5.74, 6) is -1.94. The molecule has 1 amide bonds. The highest BCUT2D eigenvalue weighted by Crippen LogP contribution is 2.45. The summed E-state index contributed by atoms with van der Waals surface area (Å²) in [6.45, 7) is -0.652. The predicted octanol–water partition coefficient (Wildman–Crippen LogP) is 3.10. The van der Waals surface area contributed by atoms with Crippen molar-refractivity contribution >= 4 is 35.6 Å². The van der Waals surface area contributed by atoms with Gasteiger partial charge in [-0.05, 0) is 42.3 Å².